The molecule has 1 N–H and O–H groups in total. The van der Waals surface area contributed by atoms with Crippen LogP contribution in [-0.2, 0) is 13.8 Å². The molecule has 1 aliphatic rings. The van der Waals surface area contributed by atoms with E-state index in [1.807, 2.05) is 36.6 Å². The van der Waals surface area contributed by atoms with Gasteiger partial charge in [-0.1, -0.05) is 18.2 Å². The van der Waals surface area contributed by atoms with E-state index in [0.29, 0.717) is 35.5 Å². The highest BCUT2D eigenvalue weighted by molar-refractivity contribution is 7.45. The zero-order valence-electron chi connectivity index (χ0n) is 22.7. The summed E-state index contributed by atoms with van der Waals surface area (Å²) in [7, 11) is -1.39. The molecule has 0 saturated carbocycles. The predicted octanol–water partition coefficient (Wildman–Crippen LogP) is 5.18. The lowest BCUT2D eigenvalue weighted by molar-refractivity contribution is -0.00382. The number of amides is 1. The number of benzene rings is 1. The van der Waals surface area contributed by atoms with E-state index in [9.17, 15) is 4.79 Å². The van der Waals surface area contributed by atoms with E-state index >= 15 is 0 Å². The molecule has 38 heavy (non-hydrogen) atoms. The van der Waals surface area contributed by atoms with E-state index in [1.54, 1.807) is 18.5 Å². The van der Waals surface area contributed by atoms with Crippen LogP contribution in [0.1, 0.15) is 64.5 Å². The van der Waals surface area contributed by atoms with Gasteiger partial charge in [-0.05, 0) is 53.7 Å². The van der Waals surface area contributed by atoms with Gasteiger partial charge in [-0.2, -0.15) is 0 Å². The molecule has 2 aromatic heterocycles. The number of anilines is 1. The normalized spacial score (nSPS) is 20.7. The number of fused-ring (bicyclic) bond motifs is 1. The number of aromatic nitrogens is 4. The van der Waals surface area contributed by atoms with Gasteiger partial charge in [0, 0.05) is 30.6 Å². The van der Waals surface area contributed by atoms with Crippen LogP contribution >= 0.6 is 8.53 Å². The van der Waals surface area contributed by atoms with E-state index in [2.05, 4.69) is 57.6 Å². The molecule has 3 unspecified atom stereocenters. The Kier molecular flexibility index (Phi) is 9.38. The molecule has 0 radical (unpaired) electrons. The maximum atomic E-state index is 12.7. The van der Waals surface area contributed by atoms with Crippen molar-refractivity contribution in [1.82, 2.24) is 24.2 Å². The first-order chi connectivity index (χ1) is 18.3. The van der Waals surface area contributed by atoms with Crippen molar-refractivity contribution in [2.24, 2.45) is 4.99 Å². The monoisotopic (exact) mass is 541 g/mol. The lowest BCUT2D eigenvalue weighted by Crippen LogP contribution is -2.35. The summed E-state index contributed by atoms with van der Waals surface area (Å²) in [5.74, 6) is 0.0808. The molecule has 1 aromatic carbocycles. The molecule has 0 aliphatic carbocycles. The third-order valence-electron chi connectivity index (χ3n) is 6.13. The van der Waals surface area contributed by atoms with Crippen LogP contribution in [0.4, 0.5) is 5.82 Å². The number of carbonyl (C=O) groups is 1. The summed E-state index contributed by atoms with van der Waals surface area (Å²) in [6.07, 6.45) is 4.41. The number of ether oxygens (including phenoxy) is 1. The highest BCUT2D eigenvalue weighted by Gasteiger charge is 2.40. The third-order valence-corrected chi connectivity index (χ3v) is 8.16. The predicted molar refractivity (Wildman–Crippen MR) is 148 cm³/mol. The Labute approximate surface area is 224 Å². The molecule has 1 amide bonds. The lowest BCUT2D eigenvalue weighted by Gasteiger charge is -2.36. The van der Waals surface area contributed by atoms with Crippen molar-refractivity contribution in [3.63, 3.8) is 0 Å². The number of hydrogen-bond acceptors (Lipinski definition) is 9. The van der Waals surface area contributed by atoms with Crippen LogP contribution < -0.4 is 5.32 Å². The first kappa shape index (κ1) is 28.0. The van der Waals surface area contributed by atoms with Crippen molar-refractivity contribution in [3.8, 4) is 0 Å². The zero-order valence-corrected chi connectivity index (χ0v) is 23.6. The fourth-order valence-corrected chi connectivity index (χ4v) is 6.04. The molecule has 1 aliphatic heterocycles. The van der Waals surface area contributed by atoms with Crippen LogP contribution in [0.3, 0.4) is 0 Å². The second kappa shape index (κ2) is 12.7. The third kappa shape index (κ3) is 6.35. The Balaban J connectivity index is 1.52. The SMILES string of the molecule is CC/N=C/OP(O[C@@H]1CC(n2cnc3c(NC(=O)c4ccccc4)ncnc32)OC1C)N(C(C)C)C(C)C. The molecule has 3 heterocycles. The Morgan fingerprint density at radius 1 is 1.24 bits per heavy atom. The summed E-state index contributed by atoms with van der Waals surface area (Å²) in [5.41, 5.74) is 1.59. The van der Waals surface area contributed by atoms with Crippen molar-refractivity contribution < 1.29 is 18.6 Å². The first-order valence-electron chi connectivity index (χ1n) is 12.9. The summed E-state index contributed by atoms with van der Waals surface area (Å²) in [6, 6.07) is 9.42. The molecule has 0 bridgehead atoms. The zero-order chi connectivity index (χ0) is 27.2. The van der Waals surface area contributed by atoms with Crippen LogP contribution in [-0.4, -0.2) is 67.3 Å². The lowest BCUT2D eigenvalue weighted by atomic mass is 10.2. The van der Waals surface area contributed by atoms with Crippen LogP contribution in [0, 0.1) is 0 Å². The van der Waals surface area contributed by atoms with E-state index in [0.717, 1.165) is 0 Å². The van der Waals surface area contributed by atoms with Gasteiger partial charge in [-0.3, -0.25) is 14.4 Å². The molecule has 1 saturated heterocycles. The van der Waals surface area contributed by atoms with Gasteiger partial charge in [0.1, 0.15) is 12.6 Å². The number of rotatable bonds is 11. The summed E-state index contributed by atoms with van der Waals surface area (Å²) >= 11 is 0. The minimum Gasteiger partial charge on any atom is -0.425 e. The van der Waals surface area contributed by atoms with Crippen molar-refractivity contribution in [2.75, 3.05) is 11.9 Å². The first-order valence-corrected chi connectivity index (χ1v) is 14.0. The Morgan fingerprint density at radius 2 is 1.97 bits per heavy atom. The summed E-state index contributed by atoms with van der Waals surface area (Å²) in [5, 5.41) is 2.84. The van der Waals surface area contributed by atoms with Gasteiger partial charge in [0.15, 0.2) is 23.4 Å². The maximum absolute atomic E-state index is 12.7. The second-order valence-electron chi connectivity index (χ2n) is 9.56. The molecule has 204 valence electrons. The van der Waals surface area contributed by atoms with Gasteiger partial charge in [-0.15, -0.1) is 0 Å². The second-order valence-corrected chi connectivity index (χ2v) is 10.9. The van der Waals surface area contributed by atoms with Gasteiger partial charge in [0.25, 0.3) is 5.91 Å². The van der Waals surface area contributed by atoms with E-state index in [-0.39, 0.29) is 36.4 Å². The number of carbonyl (C=O) groups excluding carboxylic acids is 1. The average Bonchev–Trinajstić information content (AvgIpc) is 3.48. The molecule has 1 fully saturated rings. The topological polar surface area (TPSA) is 116 Å². The number of imidazole rings is 1. The molecular weight excluding hydrogens is 505 g/mol. The molecule has 4 rings (SSSR count). The fraction of sp³-hybridized carbons (Fsp3) is 0.500. The highest BCUT2D eigenvalue weighted by atomic mass is 31.2. The molecular formula is C26H36N7O4P. The molecule has 3 aromatic rings. The number of nitrogens with one attached hydrogen (secondary N) is 1. The highest BCUT2D eigenvalue weighted by Crippen LogP contribution is 2.49. The minimum atomic E-state index is -1.39. The largest absolute Gasteiger partial charge is 0.425 e. The maximum Gasteiger partial charge on any atom is 0.322 e. The van der Waals surface area contributed by atoms with E-state index < -0.39 is 8.53 Å². The van der Waals surface area contributed by atoms with Crippen LogP contribution in [0.2, 0.25) is 0 Å². The quantitative estimate of drug-likeness (QED) is 0.201. The Bertz CT molecular complexity index is 1230. The summed E-state index contributed by atoms with van der Waals surface area (Å²) in [4.78, 5) is 30.1. The van der Waals surface area contributed by atoms with Crippen LogP contribution in [0.15, 0.2) is 48.0 Å². The number of aliphatic imine (C=N–C) groups is 1. The van der Waals surface area contributed by atoms with E-state index in [1.165, 1.54) is 12.7 Å². The van der Waals surface area contributed by atoms with Gasteiger partial charge in [0.05, 0.1) is 18.5 Å². The van der Waals surface area contributed by atoms with Crippen LogP contribution in [0.5, 0.6) is 0 Å². The standard InChI is InChI=1S/C26H36N7O4P/c1-7-27-16-35-38(33(17(2)3)18(4)5)37-21-13-22(36-19(21)6)32-15-30-23-24(28-14-29-25(23)32)31-26(34)20-11-9-8-10-12-20/h8-12,14-19,21-22H,7,13H2,1-6H3,(H,28,29,31,34)/b27-16+/t19?,21-,22?,38?/m1/s1. The molecule has 0 spiro atoms. The van der Waals surface area contributed by atoms with Crippen molar-refractivity contribution in [1.29, 1.82) is 0 Å². The minimum absolute atomic E-state index is 0.186. The van der Waals surface area contributed by atoms with Gasteiger partial charge in [-0.25, -0.2) is 19.6 Å². The van der Waals surface area contributed by atoms with Gasteiger partial charge < -0.3 is 19.1 Å². The fourth-order valence-electron chi connectivity index (χ4n) is 4.38. The summed E-state index contributed by atoms with van der Waals surface area (Å²) in [6.45, 7) is 13.1. The Hall–Kier alpha value is -2.98. The van der Waals surface area contributed by atoms with Crippen molar-refractivity contribution in [3.05, 3.63) is 48.5 Å². The molecule has 12 heteroatoms. The van der Waals surface area contributed by atoms with Crippen molar-refractivity contribution >= 4 is 37.8 Å². The molecule has 11 nitrogen and oxygen atoms in total. The van der Waals surface area contributed by atoms with Crippen LogP contribution in [0.25, 0.3) is 11.2 Å². The summed E-state index contributed by atoms with van der Waals surface area (Å²) < 4.78 is 22.9. The van der Waals surface area contributed by atoms with Gasteiger partial charge >= 0.3 is 8.53 Å². The number of hydrogen-bond donors (Lipinski definition) is 1. The molecule has 4 atom stereocenters. The van der Waals surface area contributed by atoms with Gasteiger partial charge in [0.2, 0.25) is 0 Å². The average molecular weight is 542 g/mol. The number of nitrogens with zero attached hydrogens (tertiary/aromatic N) is 6. The smallest absolute Gasteiger partial charge is 0.322 e. The Morgan fingerprint density at radius 3 is 2.66 bits per heavy atom. The van der Waals surface area contributed by atoms with E-state index in [4.69, 9.17) is 13.8 Å². The van der Waals surface area contributed by atoms with Crippen molar-refractivity contribution in [2.45, 2.75) is 78.5 Å².